The minimum absolute atomic E-state index is 0.00738. The fourth-order valence-corrected chi connectivity index (χ4v) is 5.41. The molecule has 3 heterocycles. The Morgan fingerprint density at radius 1 is 1.24 bits per heavy atom. The number of thiazole rings is 1. The molecule has 4 rings (SSSR count). The predicted molar refractivity (Wildman–Crippen MR) is 101 cm³/mol. The average molecular weight is 356 g/mol. The van der Waals surface area contributed by atoms with Crippen molar-refractivity contribution >= 4 is 17.2 Å². The van der Waals surface area contributed by atoms with E-state index in [9.17, 15) is 4.79 Å². The van der Waals surface area contributed by atoms with Crippen LogP contribution in [0.5, 0.6) is 0 Å². The largest absolute Gasteiger partial charge is 0.337 e. The molecule has 0 aliphatic carbocycles. The van der Waals surface area contributed by atoms with Gasteiger partial charge in [0, 0.05) is 43.5 Å². The summed E-state index contributed by atoms with van der Waals surface area (Å²) in [5.41, 5.74) is 1.31. The summed E-state index contributed by atoms with van der Waals surface area (Å²) >= 11 is 1.73. The molecule has 2 aliphatic rings. The van der Waals surface area contributed by atoms with Gasteiger partial charge in [0.15, 0.2) is 0 Å². The number of amides is 1. The predicted octanol–water partition coefficient (Wildman–Crippen LogP) is 3.51. The summed E-state index contributed by atoms with van der Waals surface area (Å²) in [4.78, 5) is 21.8. The highest BCUT2D eigenvalue weighted by molar-refractivity contribution is 7.09. The van der Waals surface area contributed by atoms with Crippen LogP contribution in [0.3, 0.4) is 0 Å². The Balaban J connectivity index is 1.56. The first-order valence-corrected chi connectivity index (χ1v) is 10.1. The van der Waals surface area contributed by atoms with Crippen LogP contribution in [-0.2, 0) is 11.3 Å². The zero-order valence-corrected chi connectivity index (χ0v) is 15.5. The molecular weight excluding hydrogens is 330 g/mol. The normalized spacial score (nSPS) is 23.5. The topological polar surface area (TPSA) is 36.4 Å². The Kier molecular flexibility index (Phi) is 4.61. The third-order valence-electron chi connectivity index (χ3n) is 5.95. The van der Waals surface area contributed by atoms with E-state index in [1.165, 1.54) is 10.6 Å². The summed E-state index contributed by atoms with van der Waals surface area (Å²) in [6.07, 6.45) is 4.64. The van der Waals surface area contributed by atoms with Gasteiger partial charge in [-0.05, 0) is 25.3 Å². The van der Waals surface area contributed by atoms with Crippen LogP contribution in [-0.4, -0.2) is 45.9 Å². The maximum Gasteiger partial charge on any atom is 0.223 e. The van der Waals surface area contributed by atoms with Crippen molar-refractivity contribution in [3.8, 4) is 0 Å². The van der Waals surface area contributed by atoms with Gasteiger partial charge in [-0.1, -0.05) is 30.3 Å². The SMILES string of the molecule is CCN1C(=O)C[C@@H](c2ccccc2)C12CCN(Cc1nccs1)CC2. The summed E-state index contributed by atoms with van der Waals surface area (Å²) in [5, 5.41) is 3.23. The molecule has 5 heteroatoms. The van der Waals surface area contributed by atoms with E-state index in [0.717, 1.165) is 39.0 Å². The summed E-state index contributed by atoms with van der Waals surface area (Å²) in [6.45, 7) is 5.94. The molecule has 1 aromatic carbocycles. The molecule has 0 unspecified atom stereocenters. The molecule has 0 radical (unpaired) electrons. The molecule has 132 valence electrons. The molecule has 2 fully saturated rings. The summed E-state index contributed by atoms with van der Waals surface area (Å²) in [5.74, 6) is 0.646. The smallest absolute Gasteiger partial charge is 0.223 e. The van der Waals surface area contributed by atoms with Crippen molar-refractivity contribution in [2.24, 2.45) is 0 Å². The van der Waals surface area contributed by atoms with Crippen molar-refractivity contribution in [1.29, 1.82) is 0 Å². The lowest BCUT2D eigenvalue weighted by Crippen LogP contribution is -2.55. The highest BCUT2D eigenvalue weighted by atomic mass is 32.1. The molecule has 0 N–H and O–H groups in total. The second kappa shape index (κ2) is 6.89. The fourth-order valence-electron chi connectivity index (χ4n) is 4.76. The molecule has 1 amide bonds. The van der Waals surface area contributed by atoms with Crippen molar-refractivity contribution in [3.05, 3.63) is 52.5 Å². The molecule has 1 aromatic heterocycles. The van der Waals surface area contributed by atoms with Crippen LogP contribution in [0.15, 0.2) is 41.9 Å². The van der Waals surface area contributed by atoms with Crippen molar-refractivity contribution in [2.75, 3.05) is 19.6 Å². The monoisotopic (exact) mass is 355 g/mol. The first-order chi connectivity index (χ1) is 12.2. The first kappa shape index (κ1) is 16.7. The number of likely N-dealkylation sites (N-methyl/N-ethyl adjacent to an activating group) is 1. The lowest BCUT2D eigenvalue weighted by molar-refractivity contribution is -0.132. The van der Waals surface area contributed by atoms with E-state index in [4.69, 9.17) is 0 Å². The van der Waals surface area contributed by atoms with Gasteiger partial charge in [-0.3, -0.25) is 9.69 Å². The molecule has 1 atom stereocenters. The van der Waals surface area contributed by atoms with E-state index in [1.807, 2.05) is 11.6 Å². The van der Waals surface area contributed by atoms with Crippen LogP contribution < -0.4 is 0 Å². The number of rotatable bonds is 4. The van der Waals surface area contributed by atoms with Gasteiger partial charge in [0.05, 0.1) is 12.1 Å². The van der Waals surface area contributed by atoms with E-state index in [2.05, 4.69) is 52.0 Å². The standard InChI is InChI=1S/C20H25N3OS/c1-2-23-19(24)14-17(16-6-4-3-5-7-16)20(23)8-11-22(12-9-20)15-18-21-10-13-25-18/h3-7,10,13,17H,2,8-9,11-12,14-15H2,1H3/t17-/m0/s1. The number of piperidine rings is 1. The number of carbonyl (C=O) groups excluding carboxylic acids is 1. The third-order valence-corrected chi connectivity index (χ3v) is 6.71. The quantitative estimate of drug-likeness (QED) is 0.842. The van der Waals surface area contributed by atoms with E-state index in [-0.39, 0.29) is 5.54 Å². The van der Waals surface area contributed by atoms with E-state index in [0.29, 0.717) is 18.2 Å². The van der Waals surface area contributed by atoms with Crippen molar-refractivity contribution in [2.45, 2.75) is 44.2 Å². The van der Waals surface area contributed by atoms with Crippen molar-refractivity contribution < 1.29 is 4.79 Å². The van der Waals surface area contributed by atoms with E-state index < -0.39 is 0 Å². The van der Waals surface area contributed by atoms with Crippen LogP contribution in [0.2, 0.25) is 0 Å². The Morgan fingerprint density at radius 2 is 2.00 bits per heavy atom. The number of likely N-dealkylation sites (tertiary alicyclic amines) is 2. The van der Waals surface area contributed by atoms with Gasteiger partial charge in [-0.25, -0.2) is 4.98 Å². The molecule has 0 saturated carbocycles. The summed E-state index contributed by atoms with van der Waals surface area (Å²) in [6, 6.07) is 10.6. The van der Waals surface area contributed by atoms with Crippen molar-refractivity contribution in [1.82, 2.24) is 14.8 Å². The van der Waals surface area contributed by atoms with Gasteiger partial charge in [-0.2, -0.15) is 0 Å². The van der Waals surface area contributed by atoms with E-state index >= 15 is 0 Å². The van der Waals surface area contributed by atoms with Gasteiger partial charge < -0.3 is 4.90 Å². The highest BCUT2D eigenvalue weighted by Crippen LogP contribution is 2.48. The second-order valence-corrected chi connectivity index (χ2v) is 8.09. The molecule has 2 aromatic rings. The minimum Gasteiger partial charge on any atom is -0.337 e. The highest BCUT2D eigenvalue weighted by Gasteiger charge is 2.53. The number of benzene rings is 1. The molecular formula is C20H25N3OS. The first-order valence-electron chi connectivity index (χ1n) is 9.19. The molecule has 4 nitrogen and oxygen atoms in total. The Bertz CT molecular complexity index is 708. The lowest BCUT2D eigenvalue weighted by atomic mass is 9.73. The summed E-state index contributed by atoms with van der Waals surface area (Å²) in [7, 11) is 0. The second-order valence-electron chi connectivity index (χ2n) is 7.11. The number of hydrogen-bond donors (Lipinski definition) is 0. The summed E-state index contributed by atoms with van der Waals surface area (Å²) < 4.78 is 0. The van der Waals surface area contributed by atoms with Gasteiger partial charge >= 0.3 is 0 Å². The lowest BCUT2D eigenvalue weighted by Gasteiger charge is -2.47. The minimum atomic E-state index is -0.00738. The Morgan fingerprint density at radius 3 is 2.64 bits per heavy atom. The van der Waals surface area contributed by atoms with Crippen LogP contribution in [0.1, 0.15) is 42.7 Å². The zero-order valence-electron chi connectivity index (χ0n) is 14.7. The Labute approximate surface area is 153 Å². The molecule has 25 heavy (non-hydrogen) atoms. The zero-order chi connectivity index (χ0) is 17.3. The third kappa shape index (κ3) is 3.00. The van der Waals surface area contributed by atoms with Gasteiger partial charge in [0.2, 0.25) is 5.91 Å². The molecule has 2 aliphatic heterocycles. The van der Waals surface area contributed by atoms with Gasteiger partial charge in [-0.15, -0.1) is 11.3 Å². The Hall–Kier alpha value is -1.72. The van der Waals surface area contributed by atoms with Crippen LogP contribution in [0.4, 0.5) is 0 Å². The van der Waals surface area contributed by atoms with Gasteiger partial charge in [0.1, 0.15) is 5.01 Å². The average Bonchev–Trinajstić information content (AvgIpc) is 3.24. The van der Waals surface area contributed by atoms with Crippen molar-refractivity contribution in [3.63, 3.8) is 0 Å². The molecule has 0 bridgehead atoms. The number of hydrogen-bond acceptors (Lipinski definition) is 4. The number of aromatic nitrogens is 1. The van der Waals surface area contributed by atoms with Crippen LogP contribution in [0, 0.1) is 0 Å². The van der Waals surface area contributed by atoms with E-state index in [1.54, 1.807) is 11.3 Å². The number of nitrogens with zero attached hydrogens (tertiary/aromatic N) is 3. The van der Waals surface area contributed by atoms with Gasteiger partial charge in [0.25, 0.3) is 0 Å². The molecule has 1 spiro atoms. The fraction of sp³-hybridized carbons (Fsp3) is 0.500. The maximum atomic E-state index is 12.7. The van der Waals surface area contributed by atoms with Crippen LogP contribution in [0.25, 0.3) is 0 Å². The number of carbonyl (C=O) groups is 1. The van der Waals surface area contributed by atoms with Crippen LogP contribution >= 0.6 is 11.3 Å². The molecule has 2 saturated heterocycles. The maximum absolute atomic E-state index is 12.7.